The Labute approximate surface area is 170 Å². The van der Waals surface area contributed by atoms with E-state index in [0.29, 0.717) is 11.5 Å². The maximum Gasteiger partial charge on any atom is 0.154 e. The number of methoxy groups -OCH3 is 1. The van der Waals surface area contributed by atoms with Gasteiger partial charge in [-0.3, -0.25) is 4.79 Å². The zero-order valence-corrected chi connectivity index (χ0v) is 18.6. The average Bonchev–Trinajstić information content (AvgIpc) is 2.62. The number of rotatable bonds is 8. The van der Waals surface area contributed by atoms with E-state index in [-0.39, 0.29) is 5.60 Å². The van der Waals surface area contributed by atoms with Crippen LogP contribution in [-0.2, 0) is 6.42 Å². The minimum Gasteiger partial charge on any atom is -0.496 e. The Morgan fingerprint density at radius 3 is 2.61 bits per heavy atom. The molecule has 0 saturated heterocycles. The third kappa shape index (κ3) is 5.06. The number of hydrogen-bond donors (Lipinski definition) is 0. The maximum absolute atomic E-state index is 11.7. The molecule has 1 aliphatic heterocycles. The Kier molecular flexibility index (Phi) is 7.51. The van der Waals surface area contributed by atoms with Gasteiger partial charge in [0.1, 0.15) is 17.1 Å². The molecule has 0 saturated carbocycles. The van der Waals surface area contributed by atoms with Crippen molar-refractivity contribution in [3.63, 3.8) is 0 Å². The monoisotopic (exact) mass is 384 g/mol. The first kappa shape index (κ1) is 22.3. The quantitative estimate of drug-likeness (QED) is 0.373. The lowest BCUT2D eigenvalue weighted by molar-refractivity contribution is 0.00899. The number of fused-ring (bicyclic) bond motifs is 1. The molecule has 1 aromatic rings. The summed E-state index contributed by atoms with van der Waals surface area (Å²) in [5.74, 6) is 1.88. The highest BCUT2D eigenvalue weighted by molar-refractivity contribution is 5.84. The zero-order valence-electron chi connectivity index (χ0n) is 18.6. The molecule has 0 N–H and O–H groups in total. The van der Waals surface area contributed by atoms with Gasteiger partial charge in [-0.05, 0) is 84.3 Å². The number of hydrogen-bond acceptors (Lipinski definition) is 3. The van der Waals surface area contributed by atoms with Crippen LogP contribution in [0.25, 0.3) is 0 Å². The molecule has 1 aromatic carbocycles. The van der Waals surface area contributed by atoms with Gasteiger partial charge in [-0.2, -0.15) is 0 Å². The Morgan fingerprint density at radius 1 is 1.29 bits per heavy atom. The largest absolute Gasteiger partial charge is 0.496 e. The van der Waals surface area contributed by atoms with Gasteiger partial charge in [0.05, 0.1) is 12.7 Å². The number of aryl methyl sites for hydroxylation is 1. The normalized spacial score (nSPS) is 21.5. The molecule has 0 spiro atoms. The fourth-order valence-electron chi connectivity index (χ4n) is 3.90. The third-order valence-electron chi connectivity index (χ3n) is 6.04. The highest BCUT2D eigenvalue weighted by Gasteiger charge is 2.40. The van der Waals surface area contributed by atoms with Gasteiger partial charge in [-0.1, -0.05) is 30.2 Å². The van der Waals surface area contributed by atoms with Crippen LogP contribution in [0.5, 0.6) is 11.5 Å². The molecule has 2 rings (SSSR count). The van der Waals surface area contributed by atoms with Gasteiger partial charge in [0, 0.05) is 5.56 Å². The first-order valence-corrected chi connectivity index (χ1v) is 10.4. The van der Waals surface area contributed by atoms with Crippen molar-refractivity contribution in [2.45, 2.75) is 79.2 Å². The summed E-state index contributed by atoms with van der Waals surface area (Å²) in [6, 6.07) is 1.94. The van der Waals surface area contributed by atoms with Gasteiger partial charge < -0.3 is 9.47 Å². The summed E-state index contributed by atoms with van der Waals surface area (Å²) in [6.07, 6.45) is 10.5. The van der Waals surface area contributed by atoms with Gasteiger partial charge in [0.2, 0.25) is 0 Å². The molecule has 0 aliphatic carbocycles. The average molecular weight is 385 g/mol. The molecule has 0 unspecified atom stereocenters. The van der Waals surface area contributed by atoms with Gasteiger partial charge >= 0.3 is 0 Å². The third-order valence-corrected chi connectivity index (χ3v) is 6.04. The predicted molar refractivity (Wildman–Crippen MR) is 117 cm³/mol. The molecule has 0 bridgehead atoms. The molecule has 0 aromatic heterocycles. The first-order valence-electron chi connectivity index (χ1n) is 10.4. The molecular formula is C25H36O3. The molecule has 1 heterocycles. The summed E-state index contributed by atoms with van der Waals surface area (Å²) in [6.45, 7) is 12.8. The van der Waals surface area contributed by atoms with Crippen LogP contribution >= 0.6 is 0 Å². The van der Waals surface area contributed by atoms with E-state index in [1.54, 1.807) is 7.11 Å². The number of carbonyl (C=O) groups is 1. The van der Waals surface area contributed by atoms with Crippen LogP contribution in [0.15, 0.2) is 29.4 Å². The number of aldehydes is 1. The van der Waals surface area contributed by atoms with Crippen LogP contribution in [0.4, 0.5) is 0 Å². The number of carbonyl (C=O) groups excluding carboxylic acids is 1. The van der Waals surface area contributed by atoms with E-state index in [1.807, 2.05) is 13.0 Å². The van der Waals surface area contributed by atoms with Crippen LogP contribution < -0.4 is 9.47 Å². The highest BCUT2D eigenvalue weighted by atomic mass is 16.5. The summed E-state index contributed by atoms with van der Waals surface area (Å²) in [5, 5.41) is 0. The van der Waals surface area contributed by atoms with E-state index in [4.69, 9.17) is 9.47 Å². The Bertz CT molecular complexity index is 768. The second-order valence-electron chi connectivity index (χ2n) is 8.66. The molecule has 3 nitrogen and oxygen atoms in total. The van der Waals surface area contributed by atoms with Gasteiger partial charge in [-0.15, -0.1) is 0 Å². The van der Waals surface area contributed by atoms with E-state index in [2.05, 4.69) is 46.8 Å². The lowest BCUT2D eigenvalue weighted by Crippen LogP contribution is -2.44. The summed E-state index contributed by atoms with van der Waals surface area (Å²) < 4.78 is 12.1. The smallest absolute Gasteiger partial charge is 0.154 e. The van der Waals surface area contributed by atoms with Gasteiger partial charge in [0.15, 0.2) is 6.29 Å². The lowest BCUT2D eigenvalue weighted by atomic mass is 9.78. The summed E-state index contributed by atoms with van der Waals surface area (Å²) in [7, 11) is 1.68. The molecule has 0 fully saturated rings. The maximum atomic E-state index is 11.7. The van der Waals surface area contributed by atoms with E-state index in [9.17, 15) is 4.79 Å². The fourth-order valence-corrected chi connectivity index (χ4v) is 3.90. The molecule has 28 heavy (non-hydrogen) atoms. The fraction of sp³-hybridized carbons (Fsp3) is 0.560. The van der Waals surface area contributed by atoms with Crippen LogP contribution in [-0.4, -0.2) is 19.0 Å². The standard InChI is InChI=1S/C25H36O3/c1-17(2)10-8-11-18(3)12-9-13-25(6)20(5)15-21-23(27-7)14-19(4)22(16-26)24(21)28-25/h10,12,14,16,20H,8-9,11,13,15H2,1-7H3/b18-12+/t20-,25-/m0/s1. The van der Waals surface area contributed by atoms with Crippen molar-refractivity contribution >= 4 is 6.29 Å². The van der Waals surface area contributed by atoms with Crippen molar-refractivity contribution < 1.29 is 14.3 Å². The van der Waals surface area contributed by atoms with Crippen LogP contribution in [0.3, 0.4) is 0 Å². The van der Waals surface area contributed by atoms with Crippen molar-refractivity contribution in [1.29, 1.82) is 0 Å². The van der Waals surface area contributed by atoms with Crippen LogP contribution in [0.2, 0.25) is 0 Å². The lowest BCUT2D eigenvalue weighted by Gasteiger charge is -2.42. The van der Waals surface area contributed by atoms with Gasteiger partial charge in [0.25, 0.3) is 0 Å². The van der Waals surface area contributed by atoms with Crippen molar-refractivity contribution in [1.82, 2.24) is 0 Å². The Hall–Kier alpha value is -2.03. The molecule has 1 aliphatic rings. The van der Waals surface area contributed by atoms with E-state index >= 15 is 0 Å². The van der Waals surface area contributed by atoms with Gasteiger partial charge in [-0.25, -0.2) is 0 Å². The predicted octanol–water partition coefficient (Wildman–Crippen LogP) is 6.62. The second-order valence-corrected chi connectivity index (χ2v) is 8.66. The molecule has 0 amide bonds. The Morgan fingerprint density at radius 2 is 2.00 bits per heavy atom. The minimum atomic E-state index is -0.291. The zero-order chi connectivity index (χ0) is 20.9. The summed E-state index contributed by atoms with van der Waals surface area (Å²) >= 11 is 0. The van der Waals surface area contributed by atoms with Crippen molar-refractivity contribution in [2.75, 3.05) is 7.11 Å². The van der Waals surface area contributed by atoms with Crippen LogP contribution in [0, 0.1) is 12.8 Å². The van der Waals surface area contributed by atoms with E-state index in [1.165, 1.54) is 11.1 Å². The Balaban J connectivity index is 2.16. The second kappa shape index (κ2) is 9.45. The topological polar surface area (TPSA) is 35.5 Å². The number of benzene rings is 1. The molecule has 0 radical (unpaired) electrons. The molecule has 2 atom stereocenters. The molecule has 3 heteroatoms. The number of ether oxygens (including phenoxy) is 2. The summed E-state index contributed by atoms with van der Waals surface area (Å²) in [4.78, 5) is 11.7. The SMILES string of the molecule is COc1cc(C)c(C=O)c2c1C[C@H](C)[C@](C)(CC/C=C(\C)CCC=C(C)C)O2. The summed E-state index contributed by atoms with van der Waals surface area (Å²) in [5.41, 5.74) is 5.09. The van der Waals surface area contributed by atoms with Crippen molar-refractivity contribution in [3.05, 3.63) is 46.1 Å². The number of allylic oxidation sites excluding steroid dienone is 4. The van der Waals surface area contributed by atoms with E-state index < -0.39 is 0 Å². The molecule has 154 valence electrons. The first-order chi connectivity index (χ1) is 13.2. The molecular weight excluding hydrogens is 348 g/mol. The van der Waals surface area contributed by atoms with Crippen molar-refractivity contribution in [2.24, 2.45) is 5.92 Å². The van der Waals surface area contributed by atoms with Crippen molar-refractivity contribution in [3.8, 4) is 11.5 Å². The van der Waals surface area contributed by atoms with Crippen LogP contribution in [0.1, 0.15) is 81.8 Å². The highest BCUT2D eigenvalue weighted by Crippen LogP contribution is 2.45. The minimum absolute atomic E-state index is 0.291. The van der Waals surface area contributed by atoms with E-state index in [0.717, 1.165) is 61.0 Å².